The Morgan fingerprint density at radius 2 is 1.66 bits per heavy atom. The van der Waals surface area contributed by atoms with Gasteiger partial charge in [-0.15, -0.1) is 10.2 Å². The highest BCUT2D eigenvalue weighted by molar-refractivity contribution is 7.99. The van der Waals surface area contributed by atoms with Gasteiger partial charge in [0.25, 0.3) is 5.91 Å². The van der Waals surface area contributed by atoms with Crippen LogP contribution in [0.25, 0.3) is 17.1 Å². The Bertz CT molecular complexity index is 1230. The second-order valence-corrected chi connectivity index (χ2v) is 7.99. The minimum atomic E-state index is -0.250. The number of carbonyl (C=O) groups excluding carboxylic acids is 1. The Morgan fingerprint density at radius 3 is 2.34 bits per heavy atom. The first-order chi connectivity index (χ1) is 15.6. The molecule has 10 heteroatoms. The highest BCUT2D eigenvalue weighted by Gasteiger charge is 2.17. The van der Waals surface area contributed by atoms with Crippen LogP contribution in [0.1, 0.15) is 12.5 Å². The molecule has 1 amide bonds. The summed E-state index contributed by atoms with van der Waals surface area (Å²) in [7, 11) is 0. The average Bonchev–Trinajstić information content (AvgIpc) is 3.27. The first-order valence-electron chi connectivity index (χ1n) is 9.60. The van der Waals surface area contributed by atoms with Crippen LogP contribution in [0, 0.1) is 0 Å². The number of pyridine rings is 2. The number of benzene rings is 1. The molecule has 0 saturated heterocycles. The fourth-order valence-corrected chi connectivity index (χ4v) is 3.71. The van der Waals surface area contributed by atoms with Gasteiger partial charge in [0.15, 0.2) is 11.0 Å². The summed E-state index contributed by atoms with van der Waals surface area (Å²) in [5, 5.41) is 14.0. The molecule has 3 heterocycles. The lowest BCUT2D eigenvalue weighted by molar-refractivity contribution is -0.118. The van der Waals surface area contributed by atoms with Gasteiger partial charge < -0.3 is 0 Å². The molecule has 0 radical (unpaired) electrons. The number of halogens is 1. The number of carbonyl (C=O) groups is 1. The third kappa shape index (κ3) is 5.19. The predicted molar refractivity (Wildman–Crippen MR) is 125 cm³/mol. The maximum Gasteiger partial charge on any atom is 0.250 e. The standard InChI is InChI=1S/C22H18ClN7OS/c1-15(16-6-10-24-11-7-16)26-27-20(31)14-32-22-29-28-21(17-8-12-25-13-9-17)30(22)19-4-2-18(23)3-5-19/h2-13H,14H2,1H3,(H,27,31)/b26-15+. The Labute approximate surface area is 193 Å². The van der Waals surface area contributed by atoms with Crippen molar-refractivity contribution in [3.05, 3.63) is 83.9 Å². The van der Waals surface area contributed by atoms with Crippen LogP contribution in [-0.2, 0) is 4.79 Å². The maximum atomic E-state index is 12.4. The van der Waals surface area contributed by atoms with E-state index in [9.17, 15) is 4.79 Å². The van der Waals surface area contributed by atoms with Crippen LogP contribution in [-0.4, -0.2) is 42.1 Å². The van der Waals surface area contributed by atoms with Crippen molar-refractivity contribution in [2.75, 3.05) is 5.75 Å². The minimum Gasteiger partial charge on any atom is -0.272 e. The monoisotopic (exact) mass is 463 g/mol. The van der Waals surface area contributed by atoms with Crippen molar-refractivity contribution in [2.45, 2.75) is 12.1 Å². The molecule has 0 atom stereocenters. The third-order valence-electron chi connectivity index (χ3n) is 4.44. The van der Waals surface area contributed by atoms with Gasteiger partial charge in [0.1, 0.15) is 0 Å². The average molecular weight is 464 g/mol. The Morgan fingerprint density at radius 1 is 1.00 bits per heavy atom. The fraction of sp³-hybridized carbons (Fsp3) is 0.0909. The van der Waals surface area contributed by atoms with E-state index in [0.29, 0.717) is 21.7 Å². The highest BCUT2D eigenvalue weighted by Crippen LogP contribution is 2.28. The van der Waals surface area contributed by atoms with Gasteiger partial charge in [0, 0.05) is 46.6 Å². The molecular weight excluding hydrogens is 446 g/mol. The molecule has 4 aromatic rings. The molecular formula is C22H18ClN7OS. The Hall–Kier alpha value is -3.56. The number of hydrogen-bond donors (Lipinski definition) is 1. The topological polar surface area (TPSA) is 98.0 Å². The summed E-state index contributed by atoms with van der Waals surface area (Å²) in [6.07, 6.45) is 6.74. The molecule has 0 unspecified atom stereocenters. The molecule has 0 spiro atoms. The molecule has 0 saturated carbocycles. The minimum absolute atomic E-state index is 0.120. The Balaban J connectivity index is 1.53. The van der Waals surface area contributed by atoms with E-state index in [2.05, 4.69) is 30.7 Å². The summed E-state index contributed by atoms with van der Waals surface area (Å²) >= 11 is 7.32. The number of nitrogens with one attached hydrogen (secondary N) is 1. The highest BCUT2D eigenvalue weighted by atomic mass is 35.5. The van der Waals surface area contributed by atoms with E-state index < -0.39 is 0 Å². The fourth-order valence-electron chi connectivity index (χ4n) is 2.84. The number of aromatic nitrogens is 5. The van der Waals surface area contributed by atoms with Crippen LogP contribution in [0.15, 0.2) is 83.6 Å². The molecule has 0 bridgehead atoms. The smallest absolute Gasteiger partial charge is 0.250 e. The van der Waals surface area contributed by atoms with Gasteiger partial charge >= 0.3 is 0 Å². The van der Waals surface area contributed by atoms with Gasteiger partial charge in [-0.2, -0.15) is 5.10 Å². The molecule has 0 aliphatic carbocycles. The second-order valence-electron chi connectivity index (χ2n) is 6.61. The van der Waals surface area contributed by atoms with E-state index in [1.165, 1.54) is 11.8 Å². The van der Waals surface area contributed by atoms with Crippen molar-refractivity contribution in [1.82, 2.24) is 30.2 Å². The van der Waals surface area contributed by atoms with Crippen LogP contribution in [0.5, 0.6) is 0 Å². The second kappa shape index (κ2) is 10.2. The quantitative estimate of drug-likeness (QED) is 0.252. The number of rotatable bonds is 7. The van der Waals surface area contributed by atoms with Crippen molar-refractivity contribution in [1.29, 1.82) is 0 Å². The largest absolute Gasteiger partial charge is 0.272 e. The summed E-state index contributed by atoms with van der Waals surface area (Å²) in [6, 6.07) is 14.7. The van der Waals surface area contributed by atoms with Gasteiger partial charge in [-0.3, -0.25) is 19.3 Å². The SMILES string of the molecule is C/C(=N\NC(=O)CSc1nnc(-c2ccncc2)n1-c1ccc(Cl)cc1)c1ccncc1. The van der Waals surface area contributed by atoms with E-state index in [0.717, 1.165) is 16.8 Å². The molecule has 32 heavy (non-hydrogen) atoms. The molecule has 8 nitrogen and oxygen atoms in total. The van der Waals surface area contributed by atoms with Gasteiger partial charge in [0.05, 0.1) is 11.5 Å². The first kappa shape index (κ1) is 21.7. The lowest BCUT2D eigenvalue weighted by Crippen LogP contribution is -2.21. The van der Waals surface area contributed by atoms with E-state index in [1.807, 2.05) is 47.9 Å². The molecule has 1 N–H and O–H groups in total. The summed E-state index contributed by atoms with van der Waals surface area (Å²) < 4.78 is 1.88. The normalized spacial score (nSPS) is 11.4. The van der Waals surface area contributed by atoms with E-state index >= 15 is 0 Å². The van der Waals surface area contributed by atoms with Crippen LogP contribution in [0.4, 0.5) is 0 Å². The summed E-state index contributed by atoms with van der Waals surface area (Å²) in [5.74, 6) is 0.513. The molecule has 4 rings (SSSR count). The van der Waals surface area contributed by atoms with E-state index in [-0.39, 0.29) is 11.7 Å². The van der Waals surface area contributed by atoms with Gasteiger partial charge in [0.2, 0.25) is 0 Å². The number of hydrogen-bond acceptors (Lipinski definition) is 7. The molecule has 1 aromatic carbocycles. The number of nitrogens with zero attached hydrogens (tertiary/aromatic N) is 6. The lowest BCUT2D eigenvalue weighted by Gasteiger charge is -2.10. The van der Waals surface area contributed by atoms with Gasteiger partial charge in [-0.05, 0) is 55.5 Å². The number of hydrazone groups is 1. The van der Waals surface area contributed by atoms with Crippen LogP contribution in [0.2, 0.25) is 5.02 Å². The van der Waals surface area contributed by atoms with Crippen LogP contribution in [0.3, 0.4) is 0 Å². The molecule has 160 valence electrons. The van der Waals surface area contributed by atoms with Crippen molar-refractivity contribution in [2.24, 2.45) is 5.10 Å². The molecule has 0 aliphatic rings. The maximum absolute atomic E-state index is 12.4. The third-order valence-corrected chi connectivity index (χ3v) is 5.62. The van der Waals surface area contributed by atoms with Gasteiger partial charge in [-0.1, -0.05) is 23.4 Å². The first-order valence-corrected chi connectivity index (χ1v) is 11.0. The van der Waals surface area contributed by atoms with Crippen molar-refractivity contribution >= 4 is 35.0 Å². The molecule has 0 fully saturated rings. The Kier molecular flexibility index (Phi) is 6.88. The summed E-state index contributed by atoms with van der Waals surface area (Å²) in [4.78, 5) is 20.4. The van der Waals surface area contributed by atoms with Crippen molar-refractivity contribution in [3.8, 4) is 17.1 Å². The summed E-state index contributed by atoms with van der Waals surface area (Å²) in [5.41, 5.74) is 5.85. The van der Waals surface area contributed by atoms with Crippen LogP contribution < -0.4 is 5.43 Å². The zero-order valence-electron chi connectivity index (χ0n) is 17.0. The van der Waals surface area contributed by atoms with Gasteiger partial charge in [-0.25, -0.2) is 5.43 Å². The zero-order chi connectivity index (χ0) is 22.3. The zero-order valence-corrected chi connectivity index (χ0v) is 18.6. The molecule has 3 aromatic heterocycles. The van der Waals surface area contributed by atoms with Crippen LogP contribution >= 0.6 is 23.4 Å². The van der Waals surface area contributed by atoms with E-state index in [4.69, 9.17) is 11.6 Å². The molecule has 0 aliphatic heterocycles. The van der Waals surface area contributed by atoms with Crippen molar-refractivity contribution in [3.63, 3.8) is 0 Å². The summed E-state index contributed by atoms with van der Waals surface area (Å²) in [6.45, 7) is 1.82. The van der Waals surface area contributed by atoms with Crippen molar-refractivity contribution < 1.29 is 4.79 Å². The van der Waals surface area contributed by atoms with E-state index in [1.54, 1.807) is 36.9 Å². The lowest BCUT2D eigenvalue weighted by atomic mass is 10.2. The predicted octanol–water partition coefficient (Wildman–Crippen LogP) is 4.01. The number of thioether (sulfide) groups is 1. The number of amides is 1.